The zero-order chi connectivity index (χ0) is 14.5. The van der Waals surface area contributed by atoms with Crippen molar-refractivity contribution in [3.63, 3.8) is 0 Å². The number of likely N-dealkylation sites (tertiary alicyclic amines) is 1. The maximum Gasteiger partial charge on any atom is 0.324 e. The largest absolute Gasteiger partial charge is 0.369 e. The van der Waals surface area contributed by atoms with Gasteiger partial charge in [0, 0.05) is 37.1 Å². The number of carbonyl (C=O) groups excluding carboxylic acids is 1. The van der Waals surface area contributed by atoms with Crippen molar-refractivity contribution in [2.45, 2.75) is 25.4 Å². The van der Waals surface area contributed by atoms with Gasteiger partial charge in [0.25, 0.3) is 0 Å². The first-order chi connectivity index (χ1) is 9.54. The van der Waals surface area contributed by atoms with Gasteiger partial charge in [0.15, 0.2) is 0 Å². The summed E-state index contributed by atoms with van der Waals surface area (Å²) in [5.41, 5.74) is 6.11. The summed E-state index contributed by atoms with van der Waals surface area (Å²) in [6, 6.07) is 2.00. The van der Waals surface area contributed by atoms with Gasteiger partial charge >= 0.3 is 5.00 Å². The predicted octanol–water partition coefficient (Wildman–Crippen LogP) is 0.696. The van der Waals surface area contributed by atoms with Gasteiger partial charge in [-0.2, -0.15) is 0 Å². The van der Waals surface area contributed by atoms with Gasteiger partial charge < -0.3 is 11.1 Å². The Hall–Kier alpha value is -1.51. The summed E-state index contributed by atoms with van der Waals surface area (Å²) in [4.78, 5) is 23.1. The highest BCUT2D eigenvalue weighted by atomic mass is 32.1. The molecule has 1 amide bonds. The van der Waals surface area contributed by atoms with Crippen molar-refractivity contribution in [3.05, 3.63) is 27.1 Å². The molecule has 0 unspecified atom stereocenters. The number of amides is 1. The van der Waals surface area contributed by atoms with Crippen LogP contribution in [0.1, 0.15) is 18.4 Å². The molecule has 8 heteroatoms. The molecule has 20 heavy (non-hydrogen) atoms. The van der Waals surface area contributed by atoms with Gasteiger partial charge in [-0.15, -0.1) is 0 Å². The molecule has 1 fully saturated rings. The van der Waals surface area contributed by atoms with Crippen LogP contribution in [0.4, 0.5) is 5.00 Å². The number of nitrogens with zero attached hydrogens (tertiary/aromatic N) is 2. The van der Waals surface area contributed by atoms with E-state index in [2.05, 4.69) is 10.2 Å². The molecule has 7 nitrogen and oxygen atoms in total. The fraction of sp³-hybridized carbons (Fsp3) is 0.583. The Labute approximate surface area is 120 Å². The van der Waals surface area contributed by atoms with Crippen LogP contribution < -0.4 is 11.1 Å². The van der Waals surface area contributed by atoms with Gasteiger partial charge in [-0.1, -0.05) is 11.3 Å². The topological polar surface area (TPSA) is 102 Å². The molecule has 1 aliphatic rings. The Morgan fingerprint density at radius 1 is 1.55 bits per heavy atom. The van der Waals surface area contributed by atoms with E-state index in [-0.39, 0.29) is 15.8 Å². The Balaban J connectivity index is 1.73. The third kappa shape index (κ3) is 4.26. The third-order valence-electron chi connectivity index (χ3n) is 3.38. The van der Waals surface area contributed by atoms with Crippen molar-refractivity contribution in [1.82, 2.24) is 10.2 Å². The molecule has 2 rings (SSSR count). The molecule has 1 aromatic rings. The number of primary amides is 1. The monoisotopic (exact) mass is 298 g/mol. The van der Waals surface area contributed by atoms with Gasteiger partial charge in [-0.05, 0) is 18.4 Å². The number of nitro groups is 1. The van der Waals surface area contributed by atoms with E-state index in [1.165, 1.54) is 0 Å². The Morgan fingerprint density at radius 3 is 2.80 bits per heavy atom. The Bertz CT molecular complexity index is 483. The van der Waals surface area contributed by atoms with Crippen LogP contribution in [0.5, 0.6) is 0 Å². The maximum absolute atomic E-state index is 10.8. The number of nitrogens with two attached hydrogens (primary N) is 1. The minimum Gasteiger partial charge on any atom is -0.369 e. The summed E-state index contributed by atoms with van der Waals surface area (Å²) in [5, 5.41) is 16.0. The highest BCUT2D eigenvalue weighted by molar-refractivity contribution is 7.13. The van der Waals surface area contributed by atoms with Gasteiger partial charge in [0.1, 0.15) is 0 Å². The molecule has 0 aliphatic carbocycles. The molecule has 3 N–H and O–H groups in total. The minimum absolute atomic E-state index is 0.179. The molecule has 0 bridgehead atoms. The van der Waals surface area contributed by atoms with E-state index >= 15 is 0 Å². The first-order valence-corrected chi connectivity index (χ1v) is 7.38. The SMILES string of the molecule is NC(=O)CN1CCC(NCc2csc([N+](=O)[O-])c2)CC1. The molecule has 1 aromatic heterocycles. The first kappa shape index (κ1) is 14.9. The van der Waals surface area contributed by atoms with Crippen LogP contribution in [-0.2, 0) is 11.3 Å². The smallest absolute Gasteiger partial charge is 0.324 e. The average molecular weight is 298 g/mol. The van der Waals surface area contributed by atoms with Crippen LogP contribution in [0.3, 0.4) is 0 Å². The second-order valence-corrected chi connectivity index (χ2v) is 5.84. The zero-order valence-electron chi connectivity index (χ0n) is 11.1. The Kier molecular flexibility index (Phi) is 5.05. The third-order valence-corrected chi connectivity index (χ3v) is 4.31. The van der Waals surface area contributed by atoms with Crippen LogP contribution in [0.2, 0.25) is 0 Å². The van der Waals surface area contributed by atoms with Crippen LogP contribution in [0.15, 0.2) is 11.4 Å². The molecule has 0 aromatic carbocycles. The number of carbonyl (C=O) groups is 1. The van der Waals surface area contributed by atoms with Gasteiger partial charge in [-0.3, -0.25) is 19.8 Å². The number of hydrogen-bond acceptors (Lipinski definition) is 6. The standard InChI is InChI=1S/C12H18N4O3S/c13-11(17)7-15-3-1-10(2-4-15)14-6-9-5-12(16(18)19)20-8-9/h5,8,10,14H,1-4,6-7H2,(H2,13,17). The van der Waals surface area contributed by atoms with Crippen LogP contribution >= 0.6 is 11.3 Å². The normalized spacial score (nSPS) is 17.2. The molecule has 110 valence electrons. The highest BCUT2D eigenvalue weighted by Gasteiger charge is 2.20. The van der Waals surface area contributed by atoms with E-state index in [1.807, 2.05) is 5.38 Å². The van der Waals surface area contributed by atoms with Gasteiger partial charge in [0.05, 0.1) is 11.5 Å². The van der Waals surface area contributed by atoms with E-state index in [4.69, 9.17) is 5.73 Å². The van der Waals surface area contributed by atoms with Crippen molar-refractivity contribution in [2.75, 3.05) is 19.6 Å². The van der Waals surface area contributed by atoms with Gasteiger partial charge in [0.2, 0.25) is 5.91 Å². The summed E-state index contributed by atoms with van der Waals surface area (Å²) >= 11 is 1.15. The lowest BCUT2D eigenvalue weighted by Gasteiger charge is -2.31. The summed E-state index contributed by atoms with van der Waals surface area (Å²) in [7, 11) is 0. The van der Waals surface area contributed by atoms with Crippen molar-refractivity contribution in [2.24, 2.45) is 5.73 Å². The van der Waals surface area contributed by atoms with E-state index in [0.717, 1.165) is 42.8 Å². The van der Waals surface area contributed by atoms with Crippen molar-refractivity contribution < 1.29 is 9.72 Å². The lowest BCUT2D eigenvalue weighted by atomic mass is 10.0. The average Bonchev–Trinajstić information content (AvgIpc) is 2.86. The van der Waals surface area contributed by atoms with Crippen molar-refractivity contribution in [3.8, 4) is 0 Å². The molecule has 0 radical (unpaired) electrons. The van der Waals surface area contributed by atoms with E-state index < -0.39 is 0 Å². The fourth-order valence-corrected chi connectivity index (χ4v) is 3.06. The van der Waals surface area contributed by atoms with E-state index in [1.54, 1.807) is 6.07 Å². The maximum atomic E-state index is 10.8. The molecule has 0 spiro atoms. The van der Waals surface area contributed by atoms with Crippen molar-refractivity contribution >= 4 is 22.2 Å². The molecular formula is C12H18N4O3S. The van der Waals surface area contributed by atoms with Crippen molar-refractivity contribution in [1.29, 1.82) is 0 Å². The van der Waals surface area contributed by atoms with Crippen LogP contribution in [0, 0.1) is 10.1 Å². The predicted molar refractivity (Wildman–Crippen MR) is 76.5 cm³/mol. The summed E-state index contributed by atoms with van der Waals surface area (Å²) in [6.45, 7) is 2.67. The van der Waals surface area contributed by atoms with E-state index in [9.17, 15) is 14.9 Å². The van der Waals surface area contributed by atoms with Crippen LogP contribution in [-0.4, -0.2) is 41.4 Å². The number of rotatable bonds is 6. The second-order valence-electron chi connectivity index (χ2n) is 4.95. The van der Waals surface area contributed by atoms with E-state index in [0.29, 0.717) is 19.1 Å². The lowest BCUT2D eigenvalue weighted by Crippen LogP contribution is -2.45. The quantitative estimate of drug-likeness (QED) is 0.594. The first-order valence-electron chi connectivity index (χ1n) is 6.50. The number of nitrogens with one attached hydrogen (secondary N) is 1. The minimum atomic E-state index is -0.365. The Morgan fingerprint density at radius 2 is 2.25 bits per heavy atom. The van der Waals surface area contributed by atoms with Gasteiger partial charge in [-0.25, -0.2) is 0 Å². The number of hydrogen-bond donors (Lipinski definition) is 2. The van der Waals surface area contributed by atoms with Crippen LogP contribution in [0.25, 0.3) is 0 Å². The number of thiophene rings is 1. The number of piperidine rings is 1. The summed E-state index contributed by atoms with van der Waals surface area (Å²) in [6.07, 6.45) is 1.92. The molecule has 2 heterocycles. The molecule has 1 saturated heterocycles. The second kappa shape index (κ2) is 6.78. The molecule has 0 atom stereocenters. The fourth-order valence-electron chi connectivity index (χ4n) is 2.33. The zero-order valence-corrected chi connectivity index (χ0v) is 11.9. The molecule has 0 saturated carbocycles. The highest BCUT2D eigenvalue weighted by Crippen LogP contribution is 2.22. The summed E-state index contributed by atoms with van der Waals surface area (Å²) in [5.74, 6) is -0.290. The molecular weight excluding hydrogens is 280 g/mol. The summed E-state index contributed by atoms with van der Waals surface area (Å²) < 4.78 is 0. The molecule has 1 aliphatic heterocycles. The lowest BCUT2D eigenvalue weighted by molar-refractivity contribution is -0.380.